The summed E-state index contributed by atoms with van der Waals surface area (Å²) in [5, 5.41) is 0. The molecule has 0 radical (unpaired) electrons. The normalized spacial score (nSPS) is 21.5. The lowest BCUT2D eigenvalue weighted by molar-refractivity contribution is -0.539. The summed E-state index contributed by atoms with van der Waals surface area (Å²) in [6.45, 7) is -8.08. The predicted molar refractivity (Wildman–Crippen MR) is 92.8 cm³/mol. The highest BCUT2D eigenvalue weighted by Gasteiger charge is 2.88. The van der Waals surface area contributed by atoms with Crippen molar-refractivity contribution in [1.29, 1.82) is 0 Å². The molecule has 2 rings (SSSR count). The van der Waals surface area contributed by atoms with E-state index < -0.39 is 98.6 Å². The maximum atomic E-state index is 13.7. The van der Waals surface area contributed by atoms with Crippen LogP contribution in [-0.4, -0.2) is 112 Å². The molecule has 44 heavy (non-hydrogen) atoms. The smallest absolute Gasteiger partial charge is 0.372 e. The van der Waals surface area contributed by atoms with Crippen LogP contribution >= 0.6 is 0 Å². The Balaban J connectivity index is 2.28. The third-order valence-corrected chi connectivity index (χ3v) is 5.27. The molecule has 0 aromatic carbocycles. The monoisotopic (exact) mass is 706 g/mol. The second kappa shape index (κ2) is 11.6. The molecule has 0 saturated carbocycles. The van der Waals surface area contributed by atoms with Gasteiger partial charge in [0.2, 0.25) is 0 Å². The van der Waals surface area contributed by atoms with Crippen LogP contribution in [0.4, 0.5) is 87.8 Å². The summed E-state index contributed by atoms with van der Waals surface area (Å²) >= 11 is 0. The average Bonchev–Trinajstić information content (AvgIpc) is 3.73. The molecule has 0 spiro atoms. The molecular formula is C18H14F20O6. The summed E-state index contributed by atoms with van der Waals surface area (Å²) in [4.78, 5) is 0. The van der Waals surface area contributed by atoms with Crippen molar-refractivity contribution in [2.45, 2.75) is 72.2 Å². The number of alkyl halides is 20. The molecule has 2 aliphatic rings. The highest BCUT2D eigenvalue weighted by molar-refractivity contribution is 5.01. The Morgan fingerprint density at radius 1 is 0.409 bits per heavy atom. The molecule has 2 fully saturated rings. The van der Waals surface area contributed by atoms with Crippen LogP contribution in [0.1, 0.15) is 0 Å². The van der Waals surface area contributed by atoms with Crippen LogP contribution in [0.2, 0.25) is 0 Å². The van der Waals surface area contributed by atoms with Crippen molar-refractivity contribution < 1.29 is 116 Å². The molecule has 0 unspecified atom stereocenters. The second-order valence-electron chi connectivity index (χ2n) is 8.92. The van der Waals surface area contributed by atoms with Crippen LogP contribution in [0.15, 0.2) is 0 Å². The van der Waals surface area contributed by atoms with Crippen molar-refractivity contribution in [2.24, 2.45) is 0 Å². The molecule has 2 atom stereocenters. The summed E-state index contributed by atoms with van der Waals surface area (Å²) in [6.07, 6.45) is -33.8. The fourth-order valence-electron chi connectivity index (χ4n) is 2.52. The van der Waals surface area contributed by atoms with Gasteiger partial charge in [-0.05, 0) is 0 Å². The first-order valence-corrected chi connectivity index (χ1v) is 10.9. The zero-order chi connectivity index (χ0) is 34.6. The van der Waals surface area contributed by atoms with Gasteiger partial charge in [0.1, 0.15) is 25.4 Å². The van der Waals surface area contributed by atoms with Gasteiger partial charge < -0.3 is 18.9 Å². The first-order chi connectivity index (χ1) is 19.3. The number of hydrogen-bond donors (Lipinski definition) is 0. The molecule has 262 valence electrons. The van der Waals surface area contributed by atoms with Crippen LogP contribution in [-0.2, 0) is 28.4 Å². The molecule has 26 heteroatoms. The maximum Gasteiger partial charge on any atom is 0.430 e. The number of hydrogen-bond acceptors (Lipinski definition) is 6. The Hall–Kier alpha value is -1.64. The lowest BCUT2D eigenvalue weighted by Gasteiger charge is -2.40. The lowest BCUT2D eigenvalue weighted by atomic mass is 10.1. The van der Waals surface area contributed by atoms with Crippen LogP contribution in [0, 0.1) is 0 Å². The largest absolute Gasteiger partial charge is 0.430 e. The number of rotatable bonds is 19. The minimum atomic E-state index is -8.53. The number of ether oxygens (including phenoxy) is 6. The van der Waals surface area contributed by atoms with E-state index in [1.807, 2.05) is 0 Å². The standard InChI is InChI=1S/C18H14F20O6/c19-9(20,5-39-1-7-3-41-7)11(23,24)15(31,32)43-17(35,36)13(27,28)14(29,30)18(37,38)44-16(33,34)12(25,26)10(21,22)6-40-2-8-4-42-8/h7-8H,1-6H2/t7-,8+. The van der Waals surface area contributed by atoms with Crippen LogP contribution in [0.5, 0.6) is 0 Å². The molecule has 2 heterocycles. The molecule has 0 bridgehead atoms. The van der Waals surface area contributed by atoms with E-state index in [9.17, 15) is 87.8 Å². The Bertz CT molecular complexity index is 918. The fourth-order valence-corrected chi connectivity index (χ4v) is 2.52. The second-order valence-corrected chi connectivity index (χ2v) is 8.92. The summed E-state index contributed by atoms with van der Waals surface area (Å²) in [5.41, 5.74) is 0. The van der Waals surface area contributed by atoms with Gasteiger partial charge in [0, 0.05) is 0 Å². The Morgan fingerprint density at radius 3 is 0.864 bits per heavy atom. The molecule has 0 aliphatic carbocycles. The Labute approximate surface area is 229 Å². The Morgan fingerprint density at radius 2 is 0.636 bits per heavy atom. The molecular weight excluding hydrogens is 692 g/mol. The van der Waals surface area contributed by atoms with E-state index >= 15 is 0 Å². The van der Waals surface area contributed by atoms with E-state index in [4.69, 9.17) is 0 Å². The zero-order valence-corrected chi connectivity index (χ0v) is 20.4. The van der Waals surface area contributed by atoms with Crippen LogP contribution in [0.3, 0.4) is 0 Å². The van der Waals surface area contributed by atoms with Crippen molar-refractivity contribution in [2.75, 3.05) is 39.6 Å². The van der Waals surface area contributed by atoms with Crippen molar-refractivity contribution in [3.05, 3.63) is 0 Å². The highest BCUT2D eigenvalue weighted by Crippen LogP contribution is 2.59. The third kappa shape index (κ3) is 7.17. The molecule has 0 aromatic rings. The van der Waals surface area contributed by atoms with Crippen molar-refractivity contribution in [1.82, 2.24) is 0 Å². The highest BCUT2D eigenvalue weighted by atomic mass is 19.4. The van der Waals surface area contributed by atoms with Gasteiger partial charge in [0.15, 0.2) is 0 Å². The number of epoxide rings is 2. The van der Waals surface area contributed by atoms with Crippen LogP contribution < -0.4 is 0 Å². The third-order valence-electron chi connectivity index (χ3n) is 5.27. The summed E-state index contributed by atoms with van der Waals surface area (Å²) < 4.78 is 292. The van der Waals surface area contributed by atoms with E-state index in [0.717, 1.165) is 0 Å². The number of halogens is 20. The van der Waals surface area contributed by atoms with Gasteiger partial charge in [-0.15, -0.1) is 0 Å². The van der Waals surface area contributed by atoms with Gasteiger partial charge in [0.25, 0.3) is 0 Å². The summed E-state index contributed by atoms with van der Waals surface area (Å²) in [6, 6.07) is 0. The van der Waals surface area contributed by atoms with Gasteiger partial charge in [-0.25, -0.2) is 9.47 Å². The SMILES string of the molecule is FC(F)(COC[C@@H]1CO1)C(F)(F)C(F)(F)OC(F)(F)C(F)(F)C(F)(F)C(F)(F)OC(F)(F)C(F)(F)C(F)(F)COC[C@H]1CO1. The first kappa shape index (κ1) is 38.5. The van der Waals surface area contributed by atoms with Crippen LogP contribution in [0.25, 0.3) is 0 Å². The quantitative estimate of drug-likeness (QED) is 0.121. The molecule has 0 amide bonds. The Kier molecular flexibility index (Phi) is 10.1. The average molecular weight is 706 g/mol. The van der Waals surface area contributed by atoms with Crippen molar-refractivity contribution in [3.8, 4) is 0 Å². The minimum Gasteiger partial charge on any atom is -0.372 e. The van der Waals surface area contributed by atoms with E-state index in [1.165, 1.54) is 9.47 Å². The first-order valence-electron chi connectivity index (χ1n) is 10.9. The van der Waals surface area contributed by atoms with Gasteiger partial charge in [-0.3, -0.25) is 0 Å². The van der Waals surface area contributed by atoms with E-state index in [-0.39, 0.29) is 13.2 Å². The van der Waals surface area contributed by atoms with Gasteiger partial charge >= 0.3 is 60.0 Å². The van der Waals surface area contributed by atoms with Gasteiger partial charge in [-0.2, -0.15) is 87.8 Å². The summed E-state index contributed by atoms with van der Waals surface area (Å²) in [7, 11) is 0. The fraction of sp³-hybridized carbons (Fsp3) is 1.00. The topological polar surface area (TPSA) is 62.0 Å². The van der Waals surface area contributed by atoms with Gasteiger partial charge in [-0.1, -0.05) is 0 Å². The maximum absolute atomic E-state index is 13.7. The molecule has 2 aliphatic heterocycles. The summed E-state index contributed by atoms with van der Waals surface area (Å²) in [5.74, 6) is -44.6. The molecule has 0 aromatic heterocycles. The van der Waals surface area contributed by atoms with Crippen molar-refractivity contribution in [3.63, 3.8) is 0 Å². The molecule has 0 N–H and O–H groups in total. The predicted octanol–water partition coefficient (Wildman–Crippen LogP) is 6.03. The van der Waals surface area contributed by atoms with Crippen molar-refractivity contribution >= 4 is 0 Å². The zero-order valence-electron chi connectivity index (χ0n) is 20.4. The van der Waals surface area contributed by atoms with Gasteiger partial charge in [0.05, 0.1) is 26.4 Å². The lowest BCUT2D eigenvalue weighted by Crippen LogP contribution is -2.69. The van der Waals surface area contributed by atoms with E-state index in [2.05, 4.69) is 18.9 Å². The molecule has 6 nitrogen and oxygen atoms in total. The molecule has 2 saturated heterocycles. The van der Waals surface area contributed by atoms with E-state index in [0.29, 0.717) is 0 Å². The van der Waals surface area contributed by atoms with E-state index in [1.54, 1.807) is 0 Å². The minimum absolute atomic E-state index is 0.207.